The van der Waals surface area contributed by atoms with Gasteiger partial charge >= 0.3 is 12.2 Å². The van der Waals surface area contributed by atoms with Crippen LogP contribution in [0.4, 0.5) is 15.3 Å². The molecule has 41 heavy (non-hydrogen) atoms. The quantitative estimate of drug-likeness (QED) is 0.469. The molecule has 1 spiro atoms. The number of ether oxygens (including phenoxy) is 3. The zero-order valence-electron chi connectivity index (χ0n) is 24.7. The van der Waals surface area contributed by atoms with Crippen LogP contribution in [0.3, 0.4) is 0 Å². The van der Waals surface area contributed by atoms with Crippen LogP contribution in [0.25, 0.3) is 0 Å². The molecule has 5 rings (SSSR count). The molecule has 2 aromatic rings. The molecule has 9 heteroatoms. The summed E-state index contributed by atoms with van der Waals surface area (Å²) in [6.07, 6.45) is 2.85. The molecule has 1 saturated carbocycles. The van der Waals surface area contributed by atoms with Crippen molar-refractivity contribution in [1.82, 2.24) is 14.7 Å². The number of hydrogen-bond acceptors (Lipinski definition) is 7. The van der Waals surface area contributed by atoms with Crippen molar-refractivity contribution >= 4 is 17.9 Å². The Bertz CT molecular complexity index is 1170. The molecule has 222 valence electrons. The van der Waals surface area contributed by atoms with Crippen LogP contribution in [0, 0.1) is 0 Å². The number of nitrogens with zero attached hydrogens (tertiary/aromatic N) is 4. The van der Waals surface area contributed by atoms with Gasteiger partial charge in [-0.25, -0.2) is 9.59 Å². The lowest BCUT2D eigenvalue weighted by molar-refractivity contribution is 0.00931. The van der Waals surface area contributed by atoms with Crippen molar-refractivity contribution in [3.05, 3.63) is 60.2 Å². The lowest BCUT2D eigenvalue weighted by Gasteiger charge is -2.56. The van der Waals surface area contributed by atoms with Crippen LogP contribution in [0.2, 0.25) is 0 Å². The molecule has 3 aliphatic rings. The Balaban J connectivity index is 1.07. The van der Waals surface area contributed by atoms with Crippen LogP contribution < -0.4 is 9.64 Å². The highest BCUT2D eigenvalue weighted by atomic mass is 16.6. The number of benzene rings is 2. The molecular formula is C32H44N4O5. The largest absolute Gasteiger partial charge is 0.492 e. The van der Waals surface area contributed by atoms with Crippen LogP contribution in [-0.2, 0) is 16.1 Å². The summed E-state index contributed by atoms with van der Waals surface area (Å²) in [7, 11) is 0. The fraction of sp³-hybridized carbons (Fsp3) is 0.562. The van der Waals surface area contributed by atoms with Gasteiger partial charge in [0.1, 0.15) is 24.6 Å². The summed E-state index contributed by atoms with van der Waals surface area (Å²) >= 11 is 0. The molecule has 2 aliphatic heterocycles. The van der Waals surface area contributed by atoms with Crippen molar-refractivity contribution in [1.29, 1.82) is 0 Å². The zero-order valence-corrected chi connectivity index (χ0v) is 24.7. The molecule has 0 N–H and O–H groups in total. The lowest BCUT2D eigenvalue weighted by atomic mass is 9.73. The molecule has 2 saturated heterocycles. The maximum atomic E-state index is 12.8. The van der Waals surface area contributed by atoms with Crippen LogP contribution in [-0.4, -0.2) is 97.0 Å². The van der Waals surface area contributed by atoms with E-state index in [2.05, 4.69) is 28.0 Å². The van der Waals surface area contributed by atoms with Gasteiger partial charge in [-0.3, -0.25) is 4.90 Å². The minimum absolute atomic E-state index is 0.0320. The SMILES string of the molecule is CC(C)(C)OC(=O)N1CCN(c2cccc(OCCN3CCN(C(=O)OCc4ccccc4)CC3)c2)C2(CCC2)C1. The van der Waals surface area contributed by atoms with Gasteiger partial charge in [0, 0.05) is 64.1 Å². The van der Waals surface area contributed by atoms with Gasteiger partial charge < -0.3 is 28.9 Å². The summed E-state index contributed by atoms with van der Waals surface area (Å²) in [4.78, 5) is 33.7. The third kappa shape index (κ3) is 7.44. The minimum Gasteiger partial charge on any atom is -0.492 e. The van der Waals surface area contributed by atoms with Crippen molar-refractivity contribution in [2.75, 3.05) is 63.9 Å². The van der Waals surface area contributed by atoms with Crippen LogP contribution in [0.15, 0.2) is 54.6 Å². The lowest BCUT2D eigenvalue weighted by Crippen LogP contribution is -2.67. The van der Waals surface area contributed by atoms with Gasteiger partial charge in [-0.1, -0.05) is 36.4 Å². The van der Waals surface area contributed by atoms with E-state index in [1.54, 1.807) is 4.90 Å². The number of hydrogen-bond donors (Lipinski definition) is 0. The normalized spacial score (nSPS) is 19.0. The van der Waals surface area contributed by atoms with Crippen LogP contribution in [0.5, 0.6) is 5.75 Å². The van der Waals surface area contributed by atoms with Crippen LogP contribution in [0.1, 0.15) is 45.6 Å². The molecule has 2 amide bonds. The Morgan fingerprint density at radius 1 is 0.854 bits per heavy atom. The molecule has 0 bridgehead atoms. The molecule has 0 aromatic heterocycles. The standard InChI is InChI=1S/C32H44N4O5/c1-31(2,3)41-30(38)35-19-20-36(32(25-35)13-8-14-32)27-11-7-12-28(23-27)39-22-21-33-15-17-34(18-16-33)29(37)40-24-26-9-5-4-6-10-26/h4-7,9-12,23H,8,13-22,24-25H2,1-3H3. The number of amides is 2. The average molecular weight is 565 g/mol. The van der Waals surface area contributed by atoms with Crippen molar-refractivity contribution in [3.63, 3.8) is 0 Å². The first kappa shape index (κ1) is 29.0. The number of piperazine rings is 2. The first-order valence-corrected chi connectivity index (χ1v) is 14.9. The molecular weight excluding hydrogens is 520 g/mol. The highest BCUT2D eigenvalue weighted by Crippen LogP contribution is 2.43. The minimum atomic E-state index is -0.491. The Morgan fingerprint density at radius 2 is 1.59 bits per heavy atom. The van der Waals surface area contributed by atoms with Crippen molar-refractivity contribution in [3.8, 4) is 5.75 Å². The second kappa shape index (κ2) is 12.6. The van der Waals surface area contributed by atoms with E-state index in [1.165, 1.54) is 6.42 Å². The summed E-state index contributed by atoms with van der Waals surface area (Å²) in [6, 6.07) is 18.1. The summed E-state index contributed by atoms with van der Waals surface area (Å²) in [6.45, 7) is 12.4. The van der Waals surface area contributed by atoms with Crippen LogP contribution >= 0.6 is 0 Å². The number of carbonyl (C=O) groups excluding carboxylic acids is 2. The molecule has 2 heterocycles. The second-order valence-corrected chi connectivity index (χ2v) is 12.3. The topological polar surface area (TPSA) is 74.8 Å². The van der Waals surface area contributed by atoms with E-state index >= 15 is 0 Å². The van der Waals surface area contributed by atoms with Crippen molar-refractivity contribution < 1.29 is 23.8 Å². The summed E-state index contributed by atoms with van der Waals surface area (Å²) in [5.74, 6) is 0.856. The van der Waals surface area contributed by atoms with E-state index in [-0.39, 0.29) is 17.7 Å². The Kier molecular flexibility index (Phi) is 8.92. The third-order valence-corrected chi connectivity index (χ3v) is 8.23. The van der Waals surface area contributed by atoms with E-state index in [0.29, 0.717) is 39.4 Å². The summed E-state index contributed by atoms with van der Waals surface area (Å²) < 4.78 is 17.3. The molecule has 1 aliphatic carbocycles. The van der Waals surface area contributed by atoms with E-state index in [9.17, 15) is 9.59 Å². The average Bonchev–Trinajstić information content (AvgIpc) is 2.95. The van der Waals surface area contributed by atoms with Gasteiger partial charge in [-0.05, 0) is 57.7 Å². The van der Waals surface area contributed by atoms with Crippen molar-refractivity contribution in [2.45, 2.75) is 57.8 Å². The van der Waals surface area contributed by atoms with Gasteiger partial charge in [0.15, 0.2) is 0 Å². The number of anilines is 1. The fourth-order valence-electron chi connectivity index (χ4n) is 5.87. The van der Waals surface area contributed by atoms with Gasteiger partial charge in [0.05, 0.1) is 5.54 Å². The fourth-order valence-corrected chi connectivity index (χ4v) is 5.87. The maximum absolute atomic E-state index is 12.8. The number of rotatable bonds is 7. The maximum Gasteiger partial charge on any atom is 0.410 e. The van der Waals surface area contributed by atoms with Gasteiger partial charge in [0.25, 0.3) is 0 Å². The van der Waals surface area contributed by atoms with Gasteiger partial charge in [-0.15, -0.1) is 0 Å². The highest BCUT2D eigenvalue weighted by Gasteiger charge is 2.48. The molecule has 3 fully saturated rings. The van der Waals surface area contributed by atoms with E-state index in [4.69, 9.17) is 14.2 Å². The van der Waals surface area contributed by atoms with Gasteiger partial charge in [-0.2, -0.15) is 0 Å². The first-order chi connectivity index (χ1) is 19.7. The first-order valence-electron chi connectivity index (χ1n) is 14.9. The molecule has 0 radical (unpaired) electrons. The monoisotopic (exact) mass is 564 g/mol. The molecule has 0 unspecified atom stereocenters. The zero-order chi connectivity index (χ0) is 28.9. The van der Waals surface area contributed by atoms with E-state index < -0.39 is 5.60 Å². The van der Waals surface area contributed by atoms with Gasteiger partial charge in [0.2, 0.25) is 0 Å². The van der Waals surface area contributed by atoms with Crippen molar-refractivity contribution in [2.24, 2.45) is 0 Å². The number of carbonyl (C=O) groups is 2. The smallest absolute Gasteiger partial charge is 0.410 e. The molecule has 0 atom stereocenters. The Hall–Kier alpha value is -3.46. The third-order valence-electron chi connectivity index (χ3n) is 8.23. The second-order valence-electron chi connectivity index (χ2n) is 12.3. The summed E-state index contributed by atoms with van der Waals surface area (Å²) in [5, 5.41) is 0. The predicted octanol–water partition coefficient (Wildman–Crippen LogP) is 5.00. The molecule has 9 nitrogen and oxygen atoms in total. The van der Waals surface area contributed by atoms with E-state index in [1.807, 2.05) is 62.1 Å². The summed E-state index contributed by atoms with van der Waals surface area (Å²) in [5.41, 5.74) is 1.62. The Labute approximate surface area is 243 Å². The Morgan fingerprint density at radius 3 is 2.27 bits per heavy atom. The van der Waals surface area contributed by atoms with E-state index in [0.717, 1.165) is 56.0 Å². The molecule has 2 aromatic carbocycles. The predicted molar refractivity (Wildman–Crippen MR) is 158 cm³/mol. The highest BCUT2D eigenvalue weighted by molar-refractivity contribution is 5.69.